The van der Waals surface area contributed by atoms with Gasteiger partial charge >= 0.3 is 0 Å². The summed E-state index contributed by atoms with van der Waals surface area (Å²) in [6, 6.07) is 2.34. The summed E-state index contributed by atoms with van der Waals surface area (Å²) in [4.78, 5) is 26.4. The third kappa shape index (κ3) is 3.69. The van der Waals surface area contributed by atoms with Gasteiger partial charge in [-0.15, -0.1) is 0 Å². The van der Waals surface area contributed by atoms with Crippen molar-refractivity contribution in [1.29, 1.82) is 0 Å². The molecule has 0 saturated carbocycles. The molecule has 4 rings (SSSR count). The summed E-state index contributed by atoms with van der Waals surface area (Å²) >= 11 is 0. The third-order valence-corrected chi connectivity index (χ3v) is 5.61. The summed E-state index contributed by atoms with van der Waals surface area (Å²) < 4.78 is 7.69. The van der Waals surface area contributed by atoms with Crippen LogP contribution in [-0.2, 0) is 4.74 Å². The van der Waals surface area contributed by atoms with Gasteiger partial charge in [0.2, 0.25) is 0 Å². The van der Waals surface area contributed by atoms with Crippen LogP contribution >= 0.6 is 0 Å². The molecule has 2 aliphatic rings. The van der Waals surface area contributed by atoms with E-state index in [9.17, 15) is 4.79 Å². The molecule has 4 heterocycles. The van der Waals surface area contributed by atoms with Crippen LogP contribution in [0.15, 0.2) is 18.6 Å². The number of fused-ring (bicyclic) bond motifs is 1. The molecule has 0 aliphatic carbocycles. The van der Waals surface area contributed by atoms with Crippen molar-refractivity contribution in [3.63, 3.8) is 0 Å². The topological polar surface area (TPSA) is 75.5 Å². The van der Waals surface area contributed by atoms with Gasteiger partial charge in [0.15, 0.2) is 5.65 Å². The number of carbonyl (C=O) groups is 1. The van der Waals surface area contributed by atoms with Crippen molar-refractivity contribution in [2.45, 2.75) is 32.0 Å². The Kier molecular flexibility index (Phi) is 5.12. The Morgan fingerprint density at radius 1 is 1.22 bits per heavy atom. The second kappa shape index (κ2) is 7.53. The summed E-state index contributed by atoms with van der Waals surface area (Å²) in [7, 11) is 2.14. The number of aromatic nitrogens is 3. The van der Waals surface area contributed by atoms with Crippen LogP contribution < -0.4 is 5.32 Å². The molecule has 2 aromatic heterocycles. The zero-order chi connectivity index (χ0) is 19.0. The number of imidazole rings is 1. The molecule has 1 N–H and O–H groups in total. The molecule has 2 atom stereocenters. The second-order valence-corrected chi connectivity index (χ2v) is 7.84. The van der Waals surface area contributed by atoms with Crippen LogP contribution in [0.5, 0.6) is 0 Å². The number of piperazine rings is 1. The highest BCUT2D eigenvalue weighted by atomic mass is 16.5. The summed E-state index contributed by atoms with van der Waals surface area (Å²) in [6.07, 6.45) is 3.41. The van der Waals surface area contributed by atoms with Gasteiger partial charge in [-0.05, 0) is 27.0 Å². The van der Waals surface area contributed by atoms with Crippen molar-refractivity contribution < 1.29 is 9.53 Å². The van der Waals surface area contributed by atoms with Crippen molar-refractivity contribution in [3.8, 4) is 0 Å². The van der Waals surface area contributed by atoms with Crippen LogP contribution in [-0.4, -0.2) is 88.8 Å². The number of amides is 1. The van der Waals surface area contributed by atoms with Crippen molar-refractivity contribution in [1.82, 2.24) is 29.7 Å². The van der Waals surface area contributed by atoms with E-state index in [0.717, 1.165) is 37.3 Å². The fourth-order valence-electron chi connectivity index (χ4n) is 3.87. The van der Waals surface area contributed by atoms with E-state index in [1.165, 1.54) is 0 Å². The number of likely N-dealkylation sites (N-methyl/N-ethyl adjacent to an activating group) is 1. The molecule has 27 heavy (non-hydrogen) atoms. The van der Waals surface area contributed by atoms with E-state index in [-0.39, 0.29) is 24.0 Å². The lowest BCUT2D eigenvalue weighted by Gasteiger charge is -2.38. The van der Waals surface area contributed by atoms with Crippen LogP contribution in [0.1, 0.15) is 30.2 Å². The first-order valence-corrected chi connectivity index (χ1v) is 9.66. The highest BCUT2D eigenvalue weighted by molar-refractivity contribution is 5.96. The van der Waals surface area contributed by atoms with Crippen LogP contribution in [0.25, 0.3) is 11.2 Å². The van der Waals surface area contributed by atoms with Gasteiger partial charge < -0.3 is 19.5 Å². The Bertz CT molecular complexity index is 812. The number of rotatable bonds is 4. The molecule has 0 aromatic carbocycles. The first-order valence-electron chi connectivity index (χ1n) is 9.66. The minimum Gasteiger partial charge on any atom is -0.378 e. The number of nitrogens with zero attached hydrogens (tertiary/aromatic N) is 5. The quantitative estimate of drug-likeness (QED) is 0.854. The Hall–Kier alpha value is -2.03. The number of hydrogen-bond acceptors (Lipinski definition) is 6. The van der Waals surface area contributed by atoms with E-state index in [1.54, 1.807) is 12.5 Å². The Morgan fingerprint density at radius 2 is 2.00 bits per heavy atom. The fourth-order valence-corrected chi connectivity index (χ4v) is 3.87. The number of nitrogens with one attached hydrogen (secondary N) is 1. The lowest BCUT2D eigenvalue weighted by Crippen LogP contribution is -2.56. The molecular weight excluding hydrogens is 344 g/mol. The Morgan fingerprint density at radius 3 is 2.74 bits per heavy atom. The average Bonchev–Trinajstić information content (AvgIpc) is 3.28. The Balaban J connectivity index is 1.46. The molecule has 0 radical (unpaired) electrons. The molecule has 0 unspecified atom stereocenters. The number of carbonyl (C=O) groups excluding carboxylic acids is 1. The van der Waals surface area contributed by atoms with Crippen LogP contribution in [0.2, 0.25) is 0 Å². The molecular formula is C19H28N6O2. The zero-order valence-corrected chi connectivity index (χ0v) is 16.3. The van der Waals surface area contributed by atoms with Gasteiger partial charge in [0.25, 0.3) is 5.91 Å². The van der Waals surface area contributed by atoms with Crippen LogP contribution in [0.3, 0.4) is 0 Å². The van der Waals surface area contributed by atoms with Gasteiger partial charge in [-0.25, -0.2) is 9.97 Å². The normalized spacial score (nSPS) is 24.7. The molecule has 2 fully saturated rings. The van der Waals surface area contributed by atoms with Gasteiger partial charge in [0.05, 0.1) is 37.2 Å². The third-order valence-electron chi connectivity index (χ3n) is 5.61. The van der Waals surface area contributed by atoms with Crippen LogP contribution in [0.4, 0.5) is 0 Å². The highest BCUT2D eigenvalue weighted by Gasteiger charge is 2.35. The first-order chi connectivity index (χ1) is 13.0. The lowest BCUT2D eigenvalue weighted by molar-refractivity contribution is 0.0829. The van der Waals surface area contributed by atoms with Gasteiger partial charge in [-0.1, -0.05) is 0 Å². The monoisotopic (exact) mass is 372 g/mol. The van der Waals surface area contributed by atoms with Gasteiger partial charge in [-0.3, -0.25) is 9.69 Å². The summed E-state index contributed by atoms with van der Waals surface area (Å²) in [5, 5.41) is 3.15. The van der Waals surface area contributed by atoms with E-state index < -0.39 is 0 Å². The largest absolute Gasteiger partial charge is 0.378 e. The summed E-state index contributed by atoms with van der Waals surface area (Å²) in [5.74, 6) is -0.113. The second-order valence-electron chi connectivity index (χ2n) is 7.84. The molecule has 1 amide bonds. The average molecular weight is 372 g/mol. The molecule has 2 saturated heterocycles. The minimum absolute atomic E-state index is 0.00447. The molecule has 0 bridgehead atoms. The maximum Gasteiger partial charge on any atom is 0.253 e. The summed E-state index contributed by atoms with van der Waals surface area (Å²) in [5.41, 5.74) is 2.09. The molecule has 8 nitrogen and oxygen atoms in total. The van der Waals surface area contributed by atoms with Gasteiger partial charge in [-0.2, -0.15) is 0 Å². The minimum atomic E-state index is -0.113. The van der Waals surface area contributed by atoms with Crippen molar-refractivity contribution >= 4 is 17.1 Å². The zero-order valence-electron chi connectivity index (χ0n) is 16.3. The lowest BCUT2D eigenvalue weighted by atomic mass is 10.1. The molecule has 146 valence electrons. The molecule has 8 heteroatoms. The maximum atomic E-state index is 12.8. The predicted molar refractivity (Wildman–Crippen MR) is 103 cm³/mol. The smallest absolute Gasteiger partial charge is 0.253 e. The fraction of sp³-hybridized carbons (Fsp3) is 0.632. The van der Waals surface area contributed by atoms with E-state index in [2.05, 4.69) is 46.0 Å². The van der Waals surface area contributed by atoms with Gasteiger partial charge in [0.1, 0.15) is 5.52 Å². The van der Waals surface area contributed by atoms with Crippen molar-refractivity contribution in [2.75, 3.05) is 46.4 Å². The predicted octanol–water partition coefficient (Wildman–Crippen LogP) is 0.757. The highest BCUT2D eigenvalue weighted by Crippen LogP contribution is 2.18. The van der Waals surface area contributed by atoms with E-state index in [0.29, 0.717) is 18.8 Å². The summed E-state index contributed by atoms with van der Waals surface area (Å²) in [6.45, 7) is 9.52. The van der Waals surface area contributed by atoms with Crippen LogP contribution in [0, 0.1) is 0 Å². The molecule has 0 spiro atoms. The van der Waals surface area contributed by atoms with E-state index in [1.807, 2.05) is 10.6 Å². The van der Waals surface area contributed by atoms with E-state index in [4.69, 9.17) is 4.74 Å². The molecule has 2 aromatic rings. The first kappa shape index (κ1) is 18.3. The Labute approximate surface area is 159 Å². The number of ether oxygens (including phenoxy) is 1. The maximum absolute atomic E-state index is 12.8. The SMILES string of the molecule is CC(C)n1cnc2cc(C(=O)N[C@H]3COC[C@@H]3N3CCN(C)CC3)cnc21. The molecule has 2 aliphatic heterocycles. The van der Waals surface area contributed by atoms with Gasteiger partial charge in [0, 0.05) is 38.4 Å². The van der Waals surface area contributed by atoms with Crippen molar-refractivity contribution in [2.24, 2.45) is 0 Å². The van der Waals surface area contributed by atoms with E-state index >= 15 is 0 Å². The standard InChI is InChI=1S/C19H28N6O2/c1-13(2)25-12-21-15-8-14(9-20-18(15)25)19(26)22-16-10-27-11-17(16)24-6-4-23(3)5-7-24/h8-9,12-13,16-17H,4-7,10-11H2,1-3H3,(H,22,26)/t16-,17-/m0/s1. The number of pyridine rings is 1. The van der Waals surface area contributed by atoms with Crippen molar-refractivity contribution in [3.05, 3.63) is 24.2 Å². The number of hydrogen-bond donors (Lipinski definition) is 1.